The zero-order chi connectivity index (χ0) is 16.5. The number of nitrogens with zero attached hydrogens (tertiary/aromatic N) is 2. The van der Waals surface area contributed by atoms with Gasteiger partial charge in [-0.3, -0.25) is 15.0 Å². The van der Waals surface area contributed by atoms with Crippen LogP contribution in [0.25, 0.3) is 0 Å². The molecule has 2 rings (SSSR count). The van der Waals surface area contributed by atoms with E-state index in [1.54, 1.807) is 0 Å². The Morgan fingerprint density at radius 2 is 2.09 bits per heavy atom. The summed E-state index contributed by atoms with van der Waals surface area (Å²) in [7, 11) is 0. The van der Waals surface area contributed by atoms with Crippen molar-refractivity contribution >= 4 is 17.5 Å². The third-order valence-corrected chi connectivity index (χ3v) is 2.69. The predicted octanol–water partition coefficient (Wildman–Crippen LogP) is 2.79. The van der Waals surface area contributed by atoms with E-state index in [0.717, 1.165) is 17.0 Å². The predicted molar refractivity (Wildman–Crippen MR) is 63.4 cm³/mol. The highest BCUT2D eigenvalue weighted by Crippen LogP contribution is 2.35. The first kappa shape index (κ1) is 15.8. The zero-order valence-corrected chi connectivity index (χ0v) is 10.7. The number of anilines is 1. The van der Waals surface area contributed by atoms with Crippen molar-refractivity contribution < 1.29 is 36.8 Å². The van der Waals surface area contributed by atoms with Crippen LogP contribution < -0.4 is 9.64 Å². The second-order valence-electron chi connectivity index (χ2n) is 4.15. The standard InChI is InChI=1S/C11H8F4N2O5/c12-9(11(13,14)15)22-6-1-2-7(8(5-6)17(19)20)16-3-4-21-10(16)18/h1-2,5,9H,3-4H2. The SMILES string of the molecule is O=C1OCCN1c1ccc(OC(F)C(F)(F)F)cc1[N+](=O)[O-]. The monoisotopic (exact) mass is 324 g/mol. The molecule has 0 aliphatic carbocycles. The Hall–Kier alpha value is -2.59. The maximum Gasteiger partial charge on any atom is 0.457 e. The largest absolute Gasteiger partial charge is 0.457 e. The number of halogens is 4. The summed E-state index contributed by atoms with van der Waals surface area (Å²) >= 11 is 0. The molecule has 22 heavy (non-hydrogen) atoms. The second kappa shape index (κ2) is 5.66. The Bertz CT molecular complexity index is 607. The van der Waals surface area contributed by atoms with Crippen LogP contribution in [0.15, 0.2) is 18.2 Å². The van der Waals surface area contributed by atoms with Crippen molar-refractivity contribution in [1.29, 1.82) is 0 Å². The Morgan fingerprint density at radius 1 is 1.41 bits per heavy atom. The Labute approximate surface area is 120 Å². The molecule has 0 aromatic heterocycles. The summed E-state index contributed by atoms with van der Waals surface area (Å²) in [6, 6.07) is 2.49. The summed E-state index contributed by atoms with van der Waals surface area (Å²) in [5.41, 5.74) is -0.881. The number of hydrogen-bond donors (Lipinski definition) is 0. The number of alkyl halides is 4. The minimum absolute atomic E-state index is 0.0227. The molecule has 1 aliphatic rings. The highest BCUT2D eigenvalue weighted by Gasteiger charge is 2.43. The fourth-order valence-corrected chi connectivity index (χ4v) is 1.75. The maximum absolute atomic E-state index is 12.8. The zero-order valence-electron chi connectivity index (χ0n) is 10.7. The topological polar surface area (TPSA) is 81.9 Å². The van der Waals surface area contributed by atoms with E-state index in [4.69, 9.17) is 0 Å². The summed E-state index contributed by atoms with van der Waals surface area (Å²) in [5.74, 6) is -0.687. The van der Waals surface area contributed by atoms with Gasteiger partial charge in [0, 0.05) is 0 Å². The van der Waals surface area contributed by atoms with Crippen LogP contribution in [-0.4, -0.2) is 36.7 Å². The summed E-state index contributed by atoms with van der Waals surface area (Å²) < 4.78 is 57.6. The van der Waals surface area contributed by atoms with Crippen LogP contribution in [0, 0.1) is 10.1 Å². The third-order valence-electron chi connectivity index (χ3n) is 2.69. The Balaban J connectivity index is 2.31. The molecule has 1 aromatic carbocycles. The highest BCUT2D eigenvalue weighted by molar-refractivity contribution is 5.92. The number of hydrogen-bond acceptors (Lipinski definition) is 5. The molecule has 1 heterocycles. The molecule has 11 heteroatoms. The number of ether oxygens (including phenoxy) is 2. The van der Waals surface area contributed by atoms with Crippen LogP contribution in [-0.2, 0) is 4.74 Å². The quantitative estimate of drug-likeness (QED) is 0.483. The van der Waals surface area contributed by atoms with Crippen LogP contribution in [0.4, 0.5) is 33.7 Å². The van der Waals surface area contributed by atoms with E-state index in [1.165, 1.54) is 0 Å². The van der Waals surface area contributed by atoms with Gasteiger partial charge >= 0.3 is 18.6 Å². The molecule has 0 saturated carbocycles. The van der Waals surface area contributed by atoms with Gasteiger partial charge in [-0.05, 0) is 12.1 Å². The fourth-order valence-electron chi connectivity index (χ4n) is 1.75. The van der Waals surface area contributed by atoms with Crippen molar-refractivity contribution in [1.82, 2.24) is 0 Å². The lowest BCUT2D eigenvalue weighted by Crippen LogP contribution is -2.30. The lowest BCUT2D eigenvalue weighted by atomic mass is 10.2. The lowest BCUT2D eigenvalue weighted by molar-refractivity contribution is -0.384. The molecule has 0 spiro atoms. The first-order valence-electron chi connectivity index (χ1n) is 5.80. The van der Waals surface area contributed by atoms with Crippen molar-refractivity contribution in [2.75, 3.05) is 18.1 Å². The molecule has 1 saturated heterocycles. The van der Waals surface area contributed by atoms with E-state index in [0.29, 0.717) is 6.07 Å². The molecule has 1 aliphatic heterocycles. The summed E-state index contributed by atoms with van der Waals surface area (Å²) in [4.78, 5) is 22.4. The van der Waals surface area contributed by atoms with E-state index in [1.807, 2.05) is 0 Å². The van der Waals surface area contributed by atoms with E-state index in [2.05, 4.69) is 9.47 Å². The Kier molecular flexibility index (Phi) is 4.06. The number of nitro groups is 1. The maximum atomic E-state index is 12.8. The minimum Gasteiger partial charge on any atom is -0.452 e. The number of carbonyl (C=O) groups is 1. The number of benzene rings is 1. The molecule has 0 bridgehead atoms. The van der Waals surface area contributed by atoms with Crippen LogP contribution >= 0.6 is 0 Å². The molecule has 1 atom stereocenters. The molecule has 0 radical (unpaired) electrons. The summed E-state index contributed by atoms with van der Waals surface area (Å²) in [6.07, 6.45) is -9.70. The number of carbonyl (C=O) groups excluding carboxylic acids is 1. The van der Waals surface area contributed by atoms with Crippen molar-refractivity contribution in [3.8, 4) is 5.75 Å². The van der Waals surface area contributed by atoms with Gasteiger partial charge in [0.15, 0.2) is 0 Å². The summed E-state index contributed by atoms with van der Waals surface area (Å²) in [5, 5.41) is 11.0. The van der Waals surface area contributed by atoms with Gasteiger partial charge in [0.1, 0.15) is 18.0 Å². The van der Waals surface area contributed by atoms with E-state index in [9.17, 15) is 32.5 Å². The highest BCUT2D eigenvalue weighted by atomic mass is 19.4. The third kappa shape index (κ3) is 3.18. The van der Waals surface area contributed by atoms with Gasteiger partial charge in [0.2, 0.25) is 0 Å². The first-order chi connectivity index (χ1) is 10.2. The van der Waals surface area contributed by atoms with Crippen LogP contribution in [0.2, 0.25) is 0 Å². The molecule has 1 fully saturated rings. The molecular formula is C11H8F4N2O5. The molecule has 0 N–H and O–H groups in total. The van der Waals surface area contributed by atoms with E-state index >= 15 is 0 Å². The molecule has 1 amide bonds. The van der Waals surface area contributed by atoms with Crippen molar-refractivity contribution in [3.05, 3.63) is 28.3 Å². The Morgan fingerprint density at radius 3 is 2.59 bits per heavy atom. The van der Waals surface area contributed by atoms with Crippen molar-refractivity contribution in [2.24, 2.45) is 0 Å². The van der Waals surface area contributed by atoms with Gasteiger partial charge < -0.3 is 9.47 Å². The van der Waals surface area contributed by atoms with Crippen LogP contribution in [0.5, 0.6) is 5.75 Å². The lowest BCUT2D eigenvalue weighted by Gasteiger charge is -2.16. The van der Waals surface area contributed by atoms with Crippen molar-refractivity contribution in [2.45, 2.75) is 12.5 Å². The van der Waals surface area contributed by atoms with Crippen LogP contribution in [0.1, 0.15) is 0 Å². The van der Waals surface area contributed by atoms with Gasteiger partial charge in [-0.15, -0.1) is 0 Å². The van der Waals surface area contributed by atoms with Gasteiger partial charge in [-0.1, -0.05) is 0 Å². The number of nitro benzene ring substituents is 1. The number of rotatable bonds is 4. The molecule has 120 valence electrons. The van der Waals surface area contributed by atoms with Gasteiger partial charge in [-0.2, -0.15) is 17.6 Å². The first-order valence-corrected chi connectivity index (χ1v) is 5.80. The van der Waals surface area contributed by atoms with Gasteiger partial charge in [0.05, 0.1) is 17.5 Å². The second-order valence-corrected chi connectivity index (χ2v) is 4.15. The van der Waals surface area contributed by atoms with Crippen LogP contribution in [0.3, 0.4) is 0 Å². The van der Waals surface area contributed by atoms with E-state index < -0.39 is 35.0 Å². The molecule has 1 unspecified atom stereocenters. The molecule has 1 aromatic rings. The molecular weight excluding hydrogens is 316 g/mol. The normalized spacial score (nSPS) is 16.4. The number of amides is 1. The smallest absolute Gasteiger partial charge is 0.452 e. The van der Waals surface area contributed by atoms with Gasteiger partial charge in [-0.25, -0.2) is 4.79 Å². The minimum atomic E-state index is -5.26. The summed E-state index contributed by atoms with van der Waals surface area (Å²) in [6.45, 7) is 0.0725. The van der Waals surface area contributed by atoms with Gasteiger partial charge in [0.25, 0.3) is 5.69 Å². The number of cyclic esters (lactones) is 1. The average molecular weight is 324 g/mol. The fraction of sp³-hybridized carbons (Fsp3) is 0.364. The van der Waals surface area contributed by atoms with E-state index in [-0.39, 0.29) is 18.8 Å². The average Bonchev–Trinajstić information content (AvgIpc) is 2.83. The molecule has 7 nitrogen and oxygen atoms in total. The van der Waals surface area contributed by atoms with Crippen molar-refractivity contribution in [3.63, 3.8) is 0 Å².